The number of unbranched alkanes of at least 4 members (excludes halogenated alkanes) is 6. The SMILES string of the molecule is CCCCCCc1cc(-c2ccc(-c3cc(-c4ccccc4)cc(-c4ccccc4)c3)cc2)c(CCCCCC)cc1-c1ccc(-c2ccccc2)cc1. The van der Waals surface area contributed by atoms with Crippen molar-refractivity contribution < 1.29 is 0 Å². The quantitative estimate of drug-likeness (QED) is 0.0880. The molecule has 0 aliphatic rings. The highest BCUT2D eigenvalue weighted by atomic mass is 14.2. The minimum Gasteiger partial charge on any atom is -0.0654 e. The molecule has 0 spiro atoms. The predicted molar refractivity (Wildman–Crippen MR) is 235 cm³/mol. The van der Waals surface area contributed by atoms with Gasteiger partial charge in [0.2, 0.25) is 0 Å². The molecule has 0 fully saturated rings. The Morgan fingerprint density at radius 3 is 0.907 bits per heavy atom. The van der Waals surface area contributed by atoms with E-state index in [2.05, 4.69) is 184 Å². The van der Waals surface area contributed by atoms with E-state index in [1.54, 1.807) is 0 Å². The van der Waals surface area contributed by atoms with Crippen LogP contribution in [-0.2, 0) is 12.8 Å². The van der Waals surface area contributed by atoms with Gasteiger partial charge >= 0.3 is 0 Å². The van der Waals surface area contributed by atoms with E-state index < -0.39 is 0 Å². The highest BCUT2D eigenvalue weighted by Crippen LogP contribution is 2.38. The van der Waals surface area contributed by atoms with Crippen molar-refractivity contribution in [2.24, 2.45) is 0 Å². The van der Waals surface area contributed by atoms with Gasteiger partial charge in [-0.05, 0) is 122 Å². The van der Waals surface area contributed by atoms with Gasteiger partial charge in [-0.25, -0.2) is 0 Å². The van der Waals surface area contributed by atoms with E-state index in [0.29, 0.717) is 0 Å². The Morgan fingerprint density at radius 2 is 0.556 bits per heavy atom. The lowest BCUT2D eigenvalue weighted by Crippen LogP contribution is -1.99. The van der Waals surface area contributed by atoms with E-state index >= 15 is 0 Å². The van der Waals surface area contributed by atoms with Crippen molar-refractivity contribution in [1.29, 1.82) is 0 Å². The zero-order valence-electron chi connectivity index (χ0n) is 32.2. The molecule has 7 aromatic rings. The fourth-order valence-electron chi connectivity index (χ4n) is 7.83. The maximum atomic E-state index is 2.56. The lowest BCUT2D eigenvalue weighted by molar-refractivity contribution is 0.664. The first-order chi connectivity index (χ1) is 26.7. The van der Waals surface area contributed by atoms with Crippen LogP contribution in [-0.4, -0.2) is 0 Å². The summed E-state index contributed by atoms with van der Waals surface area (Å²) in [5.41, 5.74) is 18.4. The summed E-state index contributed by atoms with van der Waals surface area (Å²) in [5.74, 6) is 0. The molecule has 54 heavy (non-hydrogen) atoms. The molecule has 0 aliphatic carbocycles. The Morgan fingerprint density at radius 1 is 0.259 bits per heavy atom. The molecule has 0 N–H and O–H groups in total. The van der Waals surface area contributed by atoms with Crippen LogP contribution in [0.3, 0.4) is 0 Å². The van der Waals surface area contributed by atoms with Gasteiger partial charge in [0.15, 0.2) is 0 Å². The monoisotopic (exact) mass is 702 g/mol. The van der Waals surface area contributed by atoms with Gasteiger partial charge in [0.1, 0.15) is 0 Å². The van der Waals surface area contributed by atoms with Crippen molar-refractivity contribution in [1.82, 2.24) is 0 Å². The van der Waals surface area contributed by atoms with Gasteiger partial charge in [0, 0.05) is 0 Å². The van der Waals surface area contributed by atoms with E-state index in [1.807, 2.05) is 0 Å². The van der Waals surface area contributed by atoms with Crippen molar-refractivity contribution in [3.8, 4) is 66.8 Å². The highest BCUT2D eigenvalue weighted by molar-refractivity contribution is 5.83. The van der Waals surface area contributed by atoms with Gasteiger partial charge in [0.05, 0.1) is 0 Å². The van der Waals surface area contributed by atoms with Crippen LogP contribution in [0, 0.1) is 0 Å². The molecule has 0 aromatic heterocycles. The summed E-state index contributed by atoms with van der Waals surface area (Å²) in [7, 11) is 0. The summed E-state index contributed by atoms with van der Waals surface area (Å²) < 4.78 is 0. The summed E-state index contributed by atoms with van der Waals surface area (Å²) in [5, 5.41) is 0. The fraction of sp³-hybridized carbons (Fsp3) is 0.222. The van der Waals surface area contributed by atoms with Crippen LogP contribution in [0.15, 0.2) is 170 Å². The van der Waals surface area contributed by atoms with Crippen LogP contribution in [0.5, 0.6) is 0 Å². The Kier molecular flexibility index (Phi) is 12.7. The van der Waals surface area contributed by atoms with E-state index in [1.165, 1.54) is 129 Å². The second-order valence-corrected chi connectivity index (χ2v) is 14.8. The first-order valence-corrected chi connectivity index (χ1v) is 20.4. The normalized spacial score (nSPS) is 11.1. The zero-order chi connectivity index (χ0) is 37.0. The van der Waals surface area contributed by atoms with Gasteiger partial charge in [-0.2, -0.15) is 0 Å². The number of aryl methyl sites for hydroxylation is 2. The third-order valence-corrected chi connectivity index (χ3v) is 10.9. The minimum absolute atomic E-state index is 1.10. The molecule has 0 heterocycles. The molecule has 0 nitrogen and oxygen atoms in total. The minimum atomic E-state index is 1.10. The molecule has 270 valence electrons. The molecule has 0 unspecified atom stereocenters. The second-order valence-electron chi connectivity index (χ2n) is 14.8. The van der Waals surface area contributed by atoms with Crippen molar-refractivity contribution >= 4 is 0 Å². The summed E-state index contributed by atoms with van der Waals surface area (Å²) in [6.07, 6.45) is 12.3. The van der Waals surface area contributed by atoms with Gasteiger partial charge in [-0.1, -0.05) is 204 Å². The smallest absolute Gasteiger partial charge is 0.0149 e. The van der Waals surface area contributed by atoms with E-state index in [0.717, 1.165) is 12.8 Å². The van der Waals surface area contributed by atoms with E-state index in [-0.39, 0.29) is 0 Å². The standard InChI is InChI=1S/C54H54/c1-3-5-7-12-26-48-40-54(49(27-13-8-6-4-2)39-53(48)46-32-28-44(29-33-46)41-20-14-9-15-21-41)47-34-30-45(31-35-47)52-37-50(42-22-16-10-17-23-42)36-51(38-52)43-24-18-11-19-25-43/h9-11,14-25,28-40H,3-8,12-13,26-27H2,1-2H3. The van der Waals surface area contributed by atoms with Crippen LogP contribution in [0.25, 0.3) is 66.8 Å². The molecule has 0 saturated heterocycles. The maximum Gasteiger partial charge on any atom is -0.0149 e. The van der Waals surface area contributed by atoms with E-state index in [9.17, 15) is 0 Å². The molecule has 0 heteroatoms. The number of hydrogen-bond acceptors (Lipinski definition) is 0. The summed E-state index contributed by atoms with van der Waals surface area (Å²) in [4.78, 5) is 0. The summed E-state index contributed by atoms with van der Waals surface area (Å²) >= 11 is 0. The lowest BCUT2D eigenvalue weighted by atomic mass is 9.86. The molecule has 7 rings (SSSR count). The third kappa shape index (κ3) is 9.18. The first-order valence-electron chi connectivity index (χ1n) is 20.4. The number of hydrogen-bond donors (Lipinski definition) is 0. The first kappa shape index (κ1) is 36.9. The fourth-order valence-corrected chi connectivity index (χ4v) is 7.83. The molecule has 0 radical (unpaired) electrons. The molecule has 0 saturated carbocycles. The maximum absolute atomic E-state index is 2.56. The van der Waals surface area contributed by atoms with Crippen LogP contribution in [0.1, 0.15) is 76.3 Å². The van der Waals surface area contributed by atoms with Gasteiger partial charge in [0.25, 0.3) is 0 Å². The Hall–Kier alpha value is -5.46. The largest absolute Gasteiger partial charge is 0.0654 e. The average Bonchev–Trinajstić information content (AvgIpc) is 3.25. The lowest BCUT2D eigenvalue weighted by Gasteiger charge is -2.19. The summed E-state index contributed by atoms with van der Waals surface area (Å²) in [6, 6.07) is 63.1. The average molecular weight is 703 g/mol. The van der Waals surface area contributed by atoms with Crippen LogP contribution in [0.4, 0.5) is 0 Å². The molecular weight excluding hydrogens is 649 g/mol. The molecular formula is C54H54. The van der Waals surface area contributed by atoms with Crippen molar-refractivity contribution in [2.75, 3.05) is 0 Å². The van der Waals surface area contributed by atoms with Crippen molar-refractivity contribution in [3.05, 3.63) is 181 Å². The number of benzene rings is 7. The van der Waals surface area contributed by atoms with Gasteiger partial charge in [-0.3, -0.25) is 0 Å². The van der Waals surface area contributed by atoms with Crippen LogP contribution in [0.2, 0.25) is 0 Å². The third-order valence-electron chi connectivity index (χ3n) is 10.9. The molecule has 7 aromatic carbocycles. The molecule has 0 amide bonds. The second kappa shape index (κ2) is 18.5. The van der Waals surface area contributed by atoms with Gasteiger partial charge < -0.3 is 0 Å². The van der Waals surface area contributed by atoms with Crippen molar-refractivity contribution in [2.45, 2.75) is 78.1 Å². The molecule has 0 aliphatic heterocycles. The number of rotatable bonds is 16. The Labute approximate surface area is 324 Å². The van der Waals surface area contributed by atoms with Crippen LogP contribution >= 0.6 is 0 Å². The zero-order valence-corrected chi connectivity index (χ0v) is 32.2. The van der Waals surface area contributed by atoms with Crippen molar-refractivity contribution in [3.63, 3.8) is 0 Å². The summed E-state index contributed by atoms with van der Waals surface area (Å²) in [6.45, 7) is 4.60. The molecule has 0 atom stereocenters. The highest BCUT2D eigenvalue weighted by Gasteiger charge is 2.15. The Balaban J connectivity index is 1.27. The predicted octanol–water partition coefficient (Wildman–Crippen LogP) is 15.9. The van der Waals surface area contributed by atoms with Gasteiger partial charge in [-0.15, -0.1) is 0 Å². The molecule has 0 bridgehead atoms. The van der Waals surface area contributed by atoms with Crippen LogP contribution < -0.4 is 0 Å². The van der Waals surface area contributed by atoms with E-state index in [4.69, 9.17) is 0 Å². The topological polar surface area (TPSA) is 0 Å². The Bertz CT molecular complexity index is 2130.